The van der Waals surface area contributed by atoms with Crippen molar-refractivity contribution in [2.75, 3.05) is 0 Å². The van der Waals surface area contributed by atoms with Crippen molar-refractivity contribution in [2.45, 2.75) is 0 Å². The molecule has 0 unspecified atom stereocenters. The van der Waals surface area contributed by atoms with Gasteiger partial charge in [-0.1, -0.05) is 158 Å². The van der Waals surface area contributed by atoms with Gasteiger partial charge in [-0.3, -0.25) is 0 Å². The molecule has 0 aliphatic heterocycles. The zero-order chi connectivity index (χ0) is 37.0. The number of para-hydroxylation sites is 2. The standard InChI is InChI=1S/C51H32N4O/c1-3-11-33(12-4-1)34-19-21-35(22-20-34)36-23-25-38(26-24-36)50-52-49(37-13-5-2-6-14-37)53-51(54-50)39-27-29-42-41-15-7-9-17-45(41)55(46(42)31-39)40-28-30-44-43-16-8-10-18-47(43)56-48(44)32-40/h1-32H. The van der Waals surface area contributed by atoms with Crippen LogP contribution >= 0.6 is 0 Å². The summed E-state index contributed by atoms with van der Waals surface area (Å²) in [6.45, 7) is 0. The first-order chi connectivity index (χ1) is 27.7. The summed E-state index contributed by atoms with van der Waals surface area (Å²) in [4.78, 5) is 15.2. The monoisotopic (exact) mass is 716 g/mol. The number of rotatable bonds is 6. The van der Waals surface area contributed by atoms with Gasteiger partial charge in [0, 0.05) is 50.0 Å². The van der Waals surface area contributed by atoms with Crippen LogP contribution in [0.3, 0.4) is 0 Å². The first-order valence-electron chi connectivity index (χ1n) is 18.8. The van der Waals surface area contributed by atoms with Gasteiger partial charge in [0.2, 0.25) is 0 Å². The van der Waals surface area contributed by atoms with Crippen LogP contribution in [0, 0.1) is 0 Å². The average Bonchev–Trinajstić information content (AvgIpc) is 3.82. The Morgan fingerprint density at radius 1 is 0.304 bits per heavy atom. The molecular weight excluding hydrogens is 685 g/mol. The largest absolute Gasteiger partial charge is 0.456 e. The highest BCUT2D eigenvalue weighted by Gasteiger charge is 2.18. The highest BCUT2D eigenvalue weighted by molar-refractivity contribution is 6.11. The third-order valence-corrected chi connectivity index (χ3v) is 10.7. The maximum atomic E-state index is 6.33. The van der Waals surface area contributed by atoms with Gasteiger partial charge in [0.15, 0.2) is 17.5 Å². The Bertz CT molecular complexity index is 3220. The van der Waals surface area contributed by atoms with Gasteiger partial charge in [-0.15, -0.1) is 0 Å². The van der Waals surface area contributed by atoms with Gasteiger partial charge in [0.25, 0.3) is 0 Å². The lowest BCUT2D eigenvalue weighted by Crippen LogP contribution is -2.00. The number of hydrogen-bond acceptors (Lipinski definition) is 4. The van der Waals surface area contributed by atoms with E-state index in [2.05, 4.69) is 150 Å². The second kappa shape index (κ2) is 13.0. The first-order valence-corrected chi connectivity index (χ1v) is 18.8. The third-order valence-electron chi connectivity index (χ3n) is 10.7. The topological polar surface area (TPSA) is 56.7 Å². The summed E-state index contributed by atoms with van der Waals surface area (Å²) in [6, 6.07) is 67.5. The number of benzene rings is 8. The van der Waals surface area contributed by atoms with Crippen molar-refractivity contribution in [3.05, 3.63) is 194 Å². The smallest absolute Gasteiger partial charge is 0.164 e. The van der Waals surface area contributed by atoms with Crippen molar-refractivity contribution >= 4 is 43.7 Å². The van der Waals surface area contributed by atoms with Crippen molar-refractivity contribution < 1.29 is 4.42 Å². The molecular formula is C51H32N4O. The summed E-state index contributed by atoms with van der Waals surface area (Å²) in [6.07, 6.45) is 0. The number of fused-ring (bicyclic) bond motifs is 6. The molecule has 11 aromatic rings. The minimum Gasteiger partial charge on any atom is -0.456 e. The molecule has 0 amide bonds. The fraction of sp³-hybridized carbons (Fsp3) is 0. The van der Waals surface area contributed by atoms with E-state index in [-0.39, 0.29) is 0 Å². The minimum absolute atomic E-state index is 0.612. The molecule has 0 N–H and O–H groups in total. The molecule has 8 aromatic carbocycles. The third kappa shape index (κ3) is 5.45. The quantitative estimate of drug-likeness (QED) is 0.172. The van der Waals surface area contributed by atoms with Crippen LogP contribution in [-0.4, -0.2) is 19.5 Å². The van der Waals surface area contributed by atoms with Crippen LogP contribution < -0.4 is 0 Å². The van der Waals surface area contributed by atoms with E-state index in [1.807, 2.05) is 48.5 Å². The van der Waals surface area contributed by atoms with E-state index in [1.165, 1.54) is 16.5 Å². The predicted molar refractivity (Wildman–Crippen MR) is 229 cm³/mol. The fourth-order valence-electron chi connectivity index (χ4n) is 7.89. The van der Waals surface area contributed by atoms with E-state index in [0.717, 1.165) is 71.9 Å². The van der Waals surface area contributed by atoms with E-state index in [1.54, 1.807) is 0 Å². The molecule has 0 fully saturated rings. The summed E-state index contributed by atoms with van der Waals surface area (Å²) in [5.74, 6) is 1.86. The van der Waals surface area contributed by atoms with E-state index in [0.29, 0.717) is 17.5 Å². The van der Waals surface area contributed by atoms with Crippen LogP contribution in [0.15, 0.2) is 199 Å². The normalized spacial score (nSPS) is 11.6. The number of aromatic nitrogens is 4. The maximum absolute atomic E-state index is 6.33. The van der Waals surface area contributed by atoms with Crippen molar-refractivity contribution in [2.24, 2.45) is 0 Å². The Labute approximate surface area is 322 Å². The fourth-order valence-corrected chi connectivity index (χ4v) is 7.89. The molecule has 0 spiro atoms. The van der Waals surface area contributed by atoms with Crippen LogP contribution in [0.2, 0.25) is 0 Å². The summed E-state index contributed by atoms with van der Waals surface area (Å²) in [5, 5.41) is 4.55. The molecule has 5 nitrogen and oxygen atoms in total. The summed E-state index contributed by atoms with van der Waals surface area (Å²) in [5.41, 5.74) is 12.4. The van der Waals surface area contributed by atoms with Gasteiger partial charge in [-0.05, 0) is 52.6 Å². The van der Waals surface area contributed by atoms with E-state index >= 15 is 0 Å². The van der Waals surface area contributed by atoms with E-state index in [4.69, 9.17) is 19.4 Å². The molecule has 0 aliphatic carbocycles. The molecule has 3 heterocycles. The molecule has 0 aliphatic rings. The lowest BCUT2D eigenvalue weighted by molar-refractivity contribution is 0.668. The lowest BCUT2D eigenvalue weighted by atomic mass is 9.99. The Balaban J connectivity index is 1.02. The highest BCUT2D eigenvalue weighted by atomic mass is 16.3. The van der Waals surface area contributed by atoms with E-state index in [9.17, 15) is 0 Å². The van der Waals surface area contributed by atoms with Crippen molar-refractivity contribution in [1.29, 1.82) is 0 Å². The molecule has 11 rings (SSSR count). The second-order valence-corrected chi connectivity index (χ2v) is 14.1. The minimum atomic E-state index is 0.612. The Kier molecular flexibility index (Phi) is 7.42. The van der Waals surface area contributed by atoms with Crippen molar-refractivity contribution in [1.82, 2.24) is 19.5 Å². The van der Waals surface area contributed by atoms with Gasteiger partial charge >= 0.3 is 0 Å². The van der Waals surface area contributed by atoms with Gasteiger partial charge in [0.1, 0.15) is 11.2 Å². The number of furan rings is 1. The number of nitrogens with zero attached hydrogens (tertiary/aromatic N) is 4. The lowest BCUT2D eigenvalue weighted by Gasteiger charge is -2.11. The van der Waals surface area contributed by atoms with E-state index < -0.39 is 0 Å². The Morgan fingerprint density at radius 2 is 0.750 bits per heavy atom. The van der Waals surface area contributed by atoms with Gasteiger partial charge < -0.3 is 8.98 Å². The second-order valence-electron chi connectivity index (χ2n) is 14.1. The van der Waals surface area contributed by atoms with Gasteiger partial charge in [-0.25, -0.2) is 15.0 Å². The van der Waals surface area contributed by atoms with Crippen molar-refractivity contribution in [3.8, 4) is 62.1 Å². The molecule has 0 saturated carbocycles. The first kappa shape index (κ1) is 31.9. The summed E-state index contributed by atoms with van der Waals surface area (Å²) >= 11 is 0. The Hall–Kier alpha value is -7.63. The Morgan fingerprint density at radius 3 is 1.43 bits per heavy atom. The highest BCUT2D eigenvalue weighted by Crippen LogP contribution is 2.37. The van der Waals surface area contributed by atoms with Crippen LogP contribution in [0.1, 0.15) is 0 Å². The SMILES string of the molecule is c1ccc(-c2ccc(-c3ccc(-c4nc(-c5ccccc5)nc(-c5ccc6c7ccccc7n(-c7ccc8c(c7)oc7ccccc78)c6c5)n4)cc3)cc2)cc1. The van der Waals surface area contributed by atoms with Gasteiger partial charge in [0.05, 0.1) is 11.0 Å². The number of hydrogen-bond donors (Lipinski definition) is 0. The molecule has 56 heavy (non-hydrogen) atoms. The molecule has 0 saturated heterocycles. The zero-order valence-electron chi connectivity index (χ0n) is 30.2. The molecule has 0 atom stereocenters. The molecule has 262 valence electrons. The maximum Gasteiger partial charge on any atom is 0.164 e. The molecule has 3 aromatic heterocycles. The molecule has 5 heteroatoms. The molecule has 0 radical (unpaired) electrons. The van der Waals surface area contributed by atoms with Crippen LogP contribution in [0.4, 0.5) is 0 Å². The molecule has 0 bridgehead atoms. The summed E-state index contributed by atoms with van der Waals surface area (Å²) in [7, 11) is 0. The average molecular weight is 717 g/mol. The zero-order valence-corrected chi connectivity index (χ0v) is 30.2. The van der Waals surface area contributed by atoms with Crippen LogP contribution in [0.5, 0.6) is 0 Å². The van der Waals surface area contributed by atoms with Crippen molar-refractivity contribution in [3.63, 3.8) is 0 Å². The predicted octanol–water partition coefficient (Wildman–Crippen LogP) is 13.2. The van der Waals surface area contributed by atoms with Crippen LogP contribution in [0.25, 0.3) is 106 Å². The summed E-state index contributed by atoms with van der Waals surface area (Å²) < 4.78 is 8.64. The van der Waals surface area contributed by atoms with Gasteiger partial charge in [-0.2, -0.15) is 0 Å². The van der Waals surface area contributed by atoms with Crippen LogP contribution in [-0.2, 0) is 0 Å².